The van der Waals surface area contributed by atoms with Crippen molar-refractivity contribution in [3.8, 4) is 11.5 Å². The summed E-state index contributed by atoms with van der Waals surface area (Å²) in [7, 11) is 3.18. The number of hydrogen-bond donors (Lipinski definition) is 1. The summed E-state index contributed by atoms with van der Waals surface area (Å²) < 4.78 is 10.5. The Balaban J connectivity index is 1.46. The van der Waals surface area contributed by atoms with Gasteiger partial charge in [0.1, 0.15) is 0 Å². The fraction of sp³-hybridized carbons (Fsp3) is 0.364. The van der Waals surface area contributed by atoms with Crippen molar-refractivity contribution in [1.82, 2.24) is 15.1 Å². The molecule has 0 spiro atoms. The first-order chi connectivity index (χ1) is 14.9. The van der Waals surface area contributed by atoms with Crippen LogP contribution in [0.25, 0.3) is 0 Å². The molecule has 9 heteroatoms. The molecule has 166 valence electrons. The number of rotatable bonds is 6. The second kappa shape index (κ2) is 10.6. The van der Waals surface area contributed by atoms with E-state index in [4.69, 9.17) is 32.7 Å². The van der Waals surface area contributed by atoms with Gasteiger partial charge in [-0.2, -0.15) is 0 Å². The maximum absolute atomic E-state index is 12.7. The molecule has 0 unspecified atom stereocenters. The number of urea groups is 1. The highest BCUT2D eigenvalue weighted by Crippen LogP contribution is 2.27. The molecule has 2 aromatic carbocycles. The second-order valence-corrected chi connectivity index (χ2v) is 7.98. The zero-order valence-corrected chi connectivity index (χ0v) is 19.0. The van der Waals surface area contributed by atoms with E-state index in [2.05, 4.69) is 5.32 Å². The SMILES string of the molecule is COc1ccc(CCNC(=O)N2CCN(C(=O)c3cc(Cl)cc(Cl)c3)CC2)cc1OC. The van der Waals surface area contributed by atoms with Crippen molar-refractivity contribution in [2.45, 2.75) is 6.42 Å². The Kier molecular flexibility index (Phi) is 7.87. The van der Waals surface area contributed by atoms with Crippen LogP contribution in [0.2, 0.25) is 10.0 Å². The minimum absolute atomic E-state index is 0.140. The lowest BCUT2D eigenvalue weighted by Gasteiger charge is -2.34. The van der Waals surface area contributed by atoms with Gasteiger partial charge in [0.25, 0.3) is 5.91 Å². The Morgan fingerprint density at radius 2 is 1.52 bits per heavy atom. The molecule has 3 rings (SSSR count). The Morgan fingerprint density at radius 1 is 0.903 bits per heavy atom. The van der Waals surface area contributed by atoms with Gasteiger partial charge in [-0.3, -0.25) is 4.79 Å². The highest BCUT2D eigenvalue weighted by molar-refractivity contribution is 6.35. The molecule has 0 radical (unpaired) electrons. The van der Waals surface area contributed by atoms with Gasteiger partial charge in [-0.15, -0.1) is 0 Å². The Labute approximate surface area is 191 Å². The first kappa shape index (κ1) is 23.0. The lowest BCUT2D eigenvalue weighted by atomic mass is 10.1. The normalized spacial score (nSPS) is 13.7. The average Bonchev–Trinajstić information content (AvgIpc) is 2.77. The number of benzene rings is 2. The maximum Gasteiger partial charge on any atom is 0.317 e. The summed E-state index contributed by atoms with van der Waals surface area (Å²) in [5.41, 5.74) is 1.49. The molecular weight excluding hydrogens is 441 g/mol. The van der Waals surface area contributed by atoms with Gasteiger partial charge in [0.15, 0.2) is 11.5 Å². The minimum atomic E-state index is -0.141. The van der Waals surface area contributed by atoms with Crippen LogP contribution in [0.1, 0.15) is 15.9 Å². The predicted molar refractivity (Wildman–Crippen MR) is 121 cm³/mol. The monoisotopic (exact) mass is 465 g/mol. The van der Waals surface area contributed by atoms with E-state index in [0.717, 1.165) is 5.56 Å². The van der Waals surface area contributed by atoms with Crippen LogP contribution in [0.3, 0.4) is 0 Å². The quantitative estimate of drug-likeness (QED) is 0.705. The molecule has 7 nitrogen and oxygen atoms in total. The molecule has 0 aliphatic carbocycles. The molecule has 1 saturated heterocycles. The van der Waals surface area contributed by atoms with Gasteiger partial charge in [0.2, 0.25) is 0 Å². The van der Waals surface area contributed by atoms with Crippen LogP contribution in [0.4, 0.5) is 4.79 Å². The number of carbonyl (C=O) groups is 2. The summed E-state index contributed by atoms with van der Waals surface area (Å²) in [6.45, 7) is 2.32. The van der Waals surface area contributed by atoms with Crippen molar-refractivity contribution >= 4 is 35.1 Å². The molecule has 1 heterocycles. The third kappa shape index (κ3) is 5.95. The van der Waals surface area contributed by atoms with E-state index in [1.807, 2.05) is 18.2 Å². The Hall–Kier alpha value is -2.64. The lowest BCUT2D eigenvalue weighted by molar-refractivity contribution is 0.0665. The summed E-state index contributed by atoms with van der Waals surface area (Å²) in [6, 6.07) is 10.3. The predicted octanol–water partition coefficient (Wildman–Crippen LogP) is 3.72. The molecule has 1 aliphatic heterocycles. The molecule has 3 amide bonds. The van der Waals surface area contributed by atoms with Crippen molar-refractivity contribution < 1.29 is 19.1 Å². The number of ether oxygens (including phenoxy) is 2. The van der Waals surface area contributed by atoms with E-state index in [1.54, 1.807) is 42.2 Å². The average molecular weight is 466 g/mol. The van der Waals surface area contributed by atoms with E-state index in [9.17, 15) is 9.59 Å². The van der Waals surface area contributed by atoms with Gasteiger partial charge in [-0.05, 0) is 42.3 Å². The largest absolute Gasteiger partial charge is 0.493 e. The summed E-state index contributed by atoms with van der Waals surface area (Å²) in [5, 5.41) is 3.77. The number of carbonyl (C=O) groups excluding carboxylic acids is 2. The molecule has 0 saturated carbocycles. The first-order valence-corrected chi connectivity index (χ1v) is 10.7. The van der Waals surface area contributed by atoms with E-state index in [0.29, 0.717) is 66.3 Å². The van der Waals surface area contributed by atoms with Crippen LogP contribution in [0, 0.1) is 0 Å². The van der Waals surface area contributed by atoms with E-state index >= 15 is 0 Å². The molecule has 31 heavy (non-hydrogen) atoms. The molecule has 2 aromatic rings. The molecular formula is C22H25Cl2N3O4. The summed E-state index contributed by atoms with van der Waals surface area (Å²) in [4.78, 5) is 28.6. The summed E-state index contributed by atoms with van der Waals surface area (Å²) >= 11 is 12.0. The van der Waals surface area contributed by atoms with Crippen LogP contribution < -0.4 is 14.8 Å². The Morgan fingerprint density at radius 3 is 2.13 bits per heavy atom. The highest BCUT2D eigenvalue weighted by atomic mass is 35.5. The number of nitrogens with zero attached hydrogens (tertiary/aromatic N) is 2. The molecule has 1 aliphatic rings. The lowest BCUT2D eigenvalue weighted by Crippen LogP contribution is -2.53. The maximum atomic E-state index is 12.7. The van der Waals surface area contributed by atoms with Crippen LogP contribution in [-0.4, -0.2) is 68.7 Å². The van der Waals surface area contributed by atoms with Gasteiger partial charge >= 0.3 is 6.03 Å². The van der Waals surface area contributed by atoms with Crippen molar-refractivity contribution in [2.24, 2.45) is 0 Å². The van der Waals surface area contributed by atoms with E-state index < -0.39 is 0 Å². The zero-order valence-electron chi connectivity index (χ0n) is 17.5. The van der Waals surface area contributed by atoms with Crippen LogP contribution in [0.15, 0.2) is 36.4 Å². The van der Waals surface area contributed by atoms with Crippen LogP contribution >= 0.6 is 23.2 Å². The third-order valence-electron chi connectivity index (χ3n) is 5.10. The van der Waals surface area contributed by atoms with Crippen molar-refractivity contribution in [3.63, 3.8) is 0 Å². The second-order valence-electron chi connectivity index (χ2n) is 7.11. The van der Waals surface area contributed by atoms with Gasteiger partial charge in [0.05, 0.1) is 14.2 Å². The first-order valence-electron chi connectivity index (χ1n) is 9.90. The zero-order chi connectivity index (χ0) is 22.4. The number of halogens is 2. The van der Waals surface area contributed by atoms with Gasteiger partial charge in [-0.25, -0.2) is 4.79 Å². The number of piperazine rings is 1. The molecule has 1 N–H and O–H groups in total. The van der Waals surface area contributed by atoms with Crippen molar-refractivity contribution in [1.29, 1.82) is 0 Å². The standard InChI is InChI=1S/C22H25Cl2N3O4/c1-30-19-4-3-15(11-20(19)31-2)5-6-25-22(29)27-9-7-26(8-10-27)21(28)16-12-17(23)14-18(24)13-16/h3-4,11-14H,5-10H2,1-2H3,(H,25,29). The van der Waals surface area contributed by atoms with Gasteiger partial charge in [-0.1, -0.05) is 29.3 Å². The number of amides is 3. The summed E-state index contributed by atoms with van der Waals surface area (Å²) in [5.74, 6) is 1.19. The number of hydrogen-bond acceptors (Lipinski definition) is 4. The van der Waals surface area contributed by atoms with Gasteiger partial charge < -0.3 is 24.6 Å². The van der Waals surface area contributed by atoms with Crippen molar-refractivity contribution in [3.05, 3.63) is 57.6 Å². The fourth-order valence-corrected chi connectivity index (χ4v) is 3.96. The third-order valence-corrected chi connectivity index (χ3v) is 5.54. The van der Waals surface area contributed by atoms with E-state index in [1.165, 1.54) is 0 Å². The highest BCUT2D eigenvalue weighted by Gasteiger charge is 2.25. The Bertz CT molecular complexity index is 926. The summed E-state index contributed by atoms with van der Waals surface area (Å²) in [6.07, 6.45) is 0.667. The number of nitrogens with one attached hydrogen (secondary N) is 1. The number of methoxy groups -OCH3 is 2. The van der Waals surface area contributed by atoms with Gasteiger partial charge in [0, 0.05) is 48.3 Å². The molecule has 0 aromatic heterocycles. The van der Waals surface area contributed by atoms with Crippen LogP contribution in [0.5, 0.6) is 11.5 Å². The molecule has 1 fully saturated rings. The van der Waals surface area contributed by atoms with Crippen LogP contribution in [-0.2, 0) is 6.42 Å². The smallest absolute Gasteiger partial charge is 0.317 e. The minimum Gasteiger partial charge on any atom is -0.493 e. The molecule has 0 bridgehead atoms. The fourth-order valence-electron chi connectivity index (χ4n) is 3.43. The van der Waals surface area contributed by atoms with E-state index in [-0.39, 0.29) is 11.9 Å². The molecule has 0 atom stereocenters. The van der Waals surface area contributed by atoms with Crippen molar-refractivity contribution in [2.75, 3.05) is 46.9 Å². The topological polar surface area (TPSA) is 71.1 Å².